The number of Topliss-reactive ketones (excluding diaryl/α,β-unsaturated/α-hetero) is 2. The van der Waals surface area contributed by atoms with Gasteiger partial charge in [-0.05, 0) is 27.7 Å². The smallest absolute Gasteiger partial charge is 0.175 e. The first-order valence-corrected chi connectivity index (χ1v) is 4.98. The number of benzene rings is 1. The van der Waals surface area contributed by atoms with Crippen LogP contribution in [0.15, 0.2) is 24.3 Å². The van der Waals surface area contributed by atoms with Crippen LogP contribution in [0.3, 0.4) is 0 Å². The summed E-state index contributed by atoms with van der Waals surface area (Å²) < 4.78 is 0. The fourth-order valence-corrected chi connectivity index (χ4v) is 1.23. The summed E-state index contributed by atoms with van der Waals surface area (Å²) in [6, 6.07) is 7.29. The van der Waals surface area contributed by atoms with Crippen molar-refractivity contribution in [3.05, 3.63) is 35.4 Å². The van der Waals surface area contributed by atoms with Crippen molar-refractivity contribution in [3.63, 3.8) is 0 Å². The lowest BCUT2D eigenvalue weighted by Crippen LogP contribution is -2.31. The van der Waals surface area contributed by atoms with Gasteiger partial charge < -0.3 is 0 Å². The van der Waals surface area contributed by atoms with E-state index in [1.165, 1.54) is 6.92 Å². The molecule has 80 valence electrons. The summed E-state index contributed by atoms with van der Waals surface area (Å²) in [5.41, 5.74) is 0.780. The number of hydrogen-bond acceptors (Lipinski definition) is 2. The number of aryl methyl sites for hydroxylation is 1. The maximum absolute atomic E-state index is 12.0. The molecule has 0 saturated heterocycles. The zero-order valence-corrected chi connectivity index (χ0v) is 9.63. The molecule has 0 spiro atoms. The molecular weight excluding hydrogens is 188 g/mol. The summed E-state index contributed by atoms with van der Waals surface area (Å²) >= 11 is 0. The Hall–Kier alpha value is -1.44. The fourth-order valence-electron chi connectivity index (χ4n) is 1.23. The summed E-state index contributed by atoms with van der Waals surface area (Å²) in [6.45, 7) is 6.74. The quantitative estimate of drug-likeness (QED) is 0.560. The van der Waals surface area contributed by atoms with Gasteiger partial charge in [0.2, 0.25) is 0 Å². The van der Waals surface area contributed by atoms with Crippen molar-refractivity contribution >= 4 is 11.6 Å². The van der Waals surface area contributed by atoms with E-state index in [9.17, 15) is 9.59 Å². The van der Waals surface area contributed by atoms with Crippen LogP contribution in [0.25, 0.3) is 0 Å². The largest absolute Gasteiger partial charge is 0.299 e. The van der Waals surface area contributed by atoms with Crippen molar-refractivity contribution in [1.82, 2.24) is 0 Å². The highest BCUT2D eigenvalue weighted by molar-refractivity contribution is 6.13. The van der Waals surface area contributed by atoms with Crippen LogP contribution in [0, 0.1) is 12.3 Å². The fraction of sp³-hybridized carbons (Fsp3) is 0.385. The monoisotopic (exact) mass is 204 g/mol. The average molecular weight is 204 g/mol. The maximum atomic E-state index is 12.0. The van der Waals surface area contributed by atoms with Gasteiger partial charge in [0, 0.05) is 5.56 Å². The molecule has 0 heterocycles. The topological polar surface area (TPSA) is 34.1 Å². The Morgan fingerprint density at radius 1 is 1.07 bits per heavy atom. The van der Waals surface area contributed by atoms with Gasteiger partial charge in [0.1, 0.15) is 5.78 Å². The molecule has 0 N–H and O–H groups in total. The minimum absolute atomic E-state index is 0.104. The maximum Gasteiger partial charge on any atom is 0.175 e. The van der Waals surface area contributed by atoms with Crippen LogP contribution in [0.1, 0.15) is 36.7 Å². The lowest BCUT2D eigenvalue weighted by molar-refractivity contribution is -0.122. The van der Waals surface area contributed by atoms with Gasteiger partial charge in [-0.15, -0.1) is 0 Å². The second-order valence-corrected chi connectivity index (χ2v) is 4.38. The molecule has 15 heavy (non-hydrogen) atoms. The average Bonchev–Trinajstić information content (AvgIpc) is 2.17. The molecule has 0 fully saturated rings. The van der Waals surface area contributed by atoms with Crippen molar-refractivity contribution in [1.29, 1.82) is 0 Å². The molecule has 2 heteroatoms. The number of carbonyl (C=O) groups is 2. The molecule has 1 rings (SSSR count). The summed E-state index contributed by atoms with van der Waals surface area (Å²) in [6.07, 6.45) is 0. The van der Waals surface area contributed by atoms with E-state index in [0.29, 0.717) is 5.56 Å². The lowest BCUT2D eigenvalue weighted by Gasteiger charge is -2.19. The molecule has 0 amide bonds. The Morgan fingerprint density at radius 3 is 1.93 bits per heavy atom. The molecule has 0 bridgehead atoms. The van der Waals surface area contributed by atoms with Crippen LogP contribution in [0.2, 0.25) is 0 Å². The molecule has 0 saturated carbocycles. The van der Waals surface area contributed by atoms with E-state index in [0.717, 1.165) is 5.56 Å². The Kier molecular flexibility index (Phi) is 3.08. The zero-order valence-electron chi connectivity index (χ0n) is 9.63. The SMILES string of the molecule is CC(=O)C(C)(C)C(=O)c1ccc(C)cc1. The predicted octanol–water partition coefficient (Wildman–Crippen LogP) is 2.79. The van der Waals surface area contributed by atoms with E-state index >= 15 is 0 Å². The third-order valence-corrected chi connectivity index (χ3v) is 2.76. The number of ketones is 2. The second kappa shape index (κ2) is 3.97. The normalized spacial score (nSPS) is 11.2. The summed E-state index contributed by atoms with van der Waals surface area (Å²) in [5, 5.41) is 0. The summed E-state index contributed by atoms with van der Waals surface area (Å²) in [7, 11) is 0. The van der Waals surface area contributed by atoms with Crippen molar-refractivity contribution in [2.75, 3.05) is 0 Å². The van der Waals surface area contributed by atoms with Crippen LogP contribution in [0.4, 0.5) is 0 Å². The molecular formula is C13H16O2. The number of hydrogen-bond donors (Lipinski definition) is 0. The molecule has 0 aliphatic carbocycles. The van der Waals surface area contributed by atoms with Crippen LogP contribution in [-0.4, -0.2) is 11.6 Å². The van der Waals surface area contributed by atoms with E-state index in [2.05, 4.69) is 0 Å². The first-order valence-electron chi connectivity index (χ1n) is 4.98. The highest BCUT2D eigenvalue weighted by Gasteiger charge is 2.33. The molecule has 0 unspecified atom stereocenters. The van der Waals surface area contributed by atoms with Crippen molar-refractivity contribution < 1.29 is 9.59 Å². The van der Waals surface area contributed by atoms with Gasteiger partial charge in [-0.3, -0.25) is 9.59 Å². The van der Waals surface area contributed by atoms with Crippen LogP contribution < -0.4 is 0 Å². The van der Waals surface area contributed by atoms with Gasteiger partial charge in [-0.25, -0.2) is 0 Å². The summed E-state index contributed by atoms with van der Waals surface area (Å²) in [4.78, 5) is 23.3. The molecule has 0 aliphatic rings. The first-order chi connectivity index (χ1) is 6.85. The Labute approximate surface area is 90.3 Å². The van der Waals surface area contributed by atoms with Crippen LogP contribution >= 0.6 is 0 Å². The molecule has 0 radical (unpaired) electrons. The summed E-state index contributed by atoms with van der Waals surface area (Å²) in [5.74, 6) is -0.219. The zero-order chi connectivity index (χ0) is 11.6. The third kappa shape index (κ3) is 2.32. The highest BCUT2D eigenvalue weighted by Crippen LogP contribution is 2.23. The number of carbonyl (C=O) groups excluding carboxylic acids is 2. The van der Waals surface area contributed by atoms with Gasteiger partial charge in [0.25, 0.3) is 0 Å². The molecule has 2 nitrogen and oxygen atoms in total. The van der Waals surface area contributed by atoms with Crippen molar-refractivity contribution in [2.24, 2.45) is 5.41 Å². The minimum atomic E-state index is -0.921. The lowest BCUT2D eigenvalue weighted by atomic mass is 9.81. The number of rotatable bonds is 3. The molecule has 0 atom stereocenters. The van der Waals surface area contributed by atoms with Gasteiger partial charge in [0.15, 0.2) is 5.78 Å². The highest BCUT2D eigenvalue weighted by atomic mass is 16.2. The van der Waals surface area contributed by atoms with Gasteiger partial charge in [-0.1, -0.05) is 29.8 Å². The van der Waals surface area contributed by atoms with Crippen molar-refractivity contribution in [3.8, 4) is 0 Å². The van der Waals surface area contributed by atoms with E-state index in [-0.39, 0.29) is 11.6 Å². The first kappa shape index (κ1) is 11.6. The standard InChI is InChI=1S/C13H16O2/c1-9-5-7-11(8-6-9)12(15)13(3,4)10(2)14/h5-8H,1-4H3. The minimum Gasteiger partial charge on any atom is -0.299 e. The predicted molar refractivity (Wildman–Crippen MR) is 60.0 cm³/mol. The second-order valence-electron chi connectivity index (χ2n) is 4.38. The Morgan fingerprint density at radius 2 is 1.53 bits per heavy atom. The Balaban J connectivity index is 3.05. The van der Waals surface area contributed by atoms with Gasteiger partial charge in [-0.2, -0.15) is 0 Å². The third-order valence-electron chi connectivity index (χ3n) is 2.76. The van der Waals surface area contributed by atoms with Gasteiger partial charge in [0.05, 0.1) is 5.41 Å². The van der Waals surface area contributed by atoms with E-state index in [4.69, 9.17) is 0 Å². The molecule has 0 aliphatic heterocycles. The molecule has 1 aromatic rings. The van der Waals surface area contributed by atoms with Crippen LogP contribution in [-0.2, 0) is 4.79 Å². The van der Waals surface area contributed by atoms with E-state index in [1.54, 1.807) is 26.0 Å². The molecule has 1 aromatic carbocycles. The van der Waals surface area contributed by atoms with E-state index in [1.807, 2.05) is 19.1 Å². The molecule has 0 aromatic heterocycles. The Bertz CT molecular complexity index is 386. The van der Waals surface area contributed by atoms with Crippen molar-refractivity contribution in [2.45, 2.75) is 27.7 Å². The van der Waals surface area contributed by atoms with E-state index < -0.39 is 5.41 Å². The van der Waals surface area contributed by atoms with Crippen LogP contribution in [0.5, 0.6) is 0 Å². The van der Waals surface area contributed by atoms with Gasteiger partial charge >= 0.3 is 0 Å².